The highest BCUT2D eigenvalue weighted by Gasteiger charge is 2.38. The van der Waals surface area contributed by atoms with Gasteiger partial charge < -0.3 is 5.32 Å². The Morgan fingerprint density at radius 1 is 1.07 bits per heavy atom. The molecule has 0 heterocycles. The maximum absolute atomic E-state index is 12.9. The number of halogens is 4. The van der Waals surface area contributed by atoms with Gasteiger partial charge in [0.1, 0.15) is 5.82 Å². The van der Waals surface area contributed by atoms with E-state index >= 15 is 0 Å². The van der Waals surface area contributed by atoms with Crippen LogP contribution in [-0.2, 0) is 14.8 Å². The van der Waals surface area contributed by atoms with Gasteiger partial charge in [-0.25, -0.2) is 4.39 Å². The molecule has 1 amide bonds. The van der Waals surface area contributed by atoms with Crippen molar-refractivity contribution in [1.29, 1.82) is 0 Å². The molecular weight excluding hydrogens is 390 g/mol. The molecule has 27 heavy (non-hydrogen) atoms. The number of carbonyl (C=O) groups is 1. The average Bonchev–Trinajstić information content (AvgIpc) is 2.59. The predicted molar refractivity (Wildman–Crippen MR) is 90.1 cm³/mol. The summed E-state index contributed by atoms with van der Waals surface area (Å²) in [6, 6.07) is 9.32. The number of nitrogens with zero attached hydrogens (tertiary/aromatic N) is 1. The van der Waals surface area contributed by atoms with E-state index in [1.54, 1.807) is 5.32 Å². The van der Waals surface area contributed by atoms with Gasteiger partial charge in [0.2, 0.25) is 0 Å². The SMILES string of the molecule is C/C(=N\NS(=O)(=O)c1ccc(F)cc1)c1cccc(NC(=O)C(F)(F)F)c1. The minimum absolute atomic E-state index is 0.129. The molecule has 0 bridgehead atoms. The standard InChI is InChI=1S/C16H13F4N3O3S/c1-10(22-23-27(25,26)14-7-5-12(17)6-8-14)11-3-2-4-13(9-11)21-15(24)16(18,19)20/h2-9,23H,1H3,(H,21,24)/b22-10+. The van der Waals surface area contributed by atoms with Crippen LogP contribution in [0.5, 0.6) is 0 Å². The maximum Gasteiger partial charge on any atom is 0.471 e. The third-order valence-electron chi connectivity index (χ3n) is 3.25. The molecule has 2 aromatic rings. The number of rotatable bonds is 5. The molecule has 0 saturated carbocycles. The van der Waals surface area contributed by atoms with Crippen molar-refractivity contribution in [3.8, 4) is 0 Å². The summed E-state index contributed by atoms with van der Waals surface area (Å²) in [7, 11) is -4.05. The molecule has 2 N–H and O–H groups in total. The molecule has 0 unspecified atom stereocenters. The predicted octanol–water partition coefficient (Wildman–Crippen LogP) is 3.03. The molecule has 6 nitrogen and oxygen atoms in total. The molecule has 11 heteroatoms. The third kappa shape index (κ3) is 5.51. The van der Waals surface area contributed by atoms with E-state index in [-0.39, 0.29) is 21.9 Å². The van der Waals surface area contributed by atoms with Gasteiger partial charge >= 0.3 is 12.1 Å². The smallest absolute Gasteiger partial charge is 0.318 e. The van der Waals surface area contributed by atoms with Gasteiger partial charge in [0.25, 0.3) is 10.0 Å². The molecule has 0 aliphatic rings. The molecule has 0 spiro atoms. The van der Waals surface area contributed by atoms with E-state index in [0.29, 0.717) is 0 Å². The molecule has 0 aliphatic heterocycles. The largest absolute Gasteiger partial charge is 0.471 e. The number of sulfonamides is 1. The molecule has 0 saturated heterocycles. The zero-order chi connectivity index (χ0) is 20.2. The Kier molecular flexibility index (Phi) is 5.84. The van der Waals surface area contributed by atoms with E-state index in [1.807, 2.05) is 4.83 Å². The second kappa shape index (κ2) is 7.74. The van der Waals surface area contributed by atoms with Crippen LogP contribution in [0.4, 0.5) is 23.2 Å². The summed E-state index contributed by atoms with van der Waals surface area (Å²) in [6.45, 7) is 1.41. The van der Waals surface area contributed by atoms with Crippen molar-refractivity contribution in [3.05, 3.63) is 59.9 Å². The Hall–Kier alpha value is -2.95. The van der Waals surface area contributed by atoms with Gasteiger partial charge in [0.05, 0.1) is 10.6 Å². The molecule has 2 rings (SSSR count). The molecule has 144 valence electrons. The molecule has 0 radical (unpaired) electrons. The number of hydrazone groups is 1. The van der Waals surface area contributed by atoms with E-state index in [4.69, 9.17) is 0 Å². The molecule has 0 aliphatic carbocycles. The lowest BCUT2D eigenvalue weighted by Crippen LogP contribution is -2.29. The fourth-order valence-corrected chi connectivity index (χ4v) is 2.74. The number of benzene rings is 2. The monoisotopic (exact) mass is 403 g/mol. The number of anilines is 1. The fourth-order valence-electron chi connectivity index (χ4n) is 1.88. The number of amides is 1. The zero-order valence-corrected chi connectivity index (χ0v) is 14.5. The maximum atomic E-state index is 12.9. The minimum Gasteiger partial charge on any atom is -0.318 e. The molecule has 0 aromatic heterocycles. The van der Waals surface area contributed by atoms with Gasteiger partial charge in [-0.1, -0.05) is 12.1 Å². The molecular formula is C16H13F4N3O3S. The molecule has 0 fully saturated rings. The number of carbonyl (C=O) groups excluding carboxylic acids is 1. The van der Waals surface area contributed by atoms with Crippen LogP contribution in [-0.4, -0.2) is 26.2 Å². The highest BCUT2D eigenvalue weighted by atomic mass is 32.2. The summed E-state index contributed by atoms with van der Waals surface area (Å²) in [5, 5.41) is 5.37. The van der Waals surface area contributed by atoms with E-state index in [0.717, 1.165) is 24.3 Å². The van der Waals surface area contributed by atoms with E-state index in [9.17, 15) is 30.8 Å². The first-order chi connectivity index (χ1) is 12.5. The topological polar surface area (TPSA) is 87.6 Å². The first kappa shape index (κ1) is 20.4. The number of hydrogen-bond donors (Lipinski definition) is 2. The normalized spacial score (nSPS) is 12.6. The Morgan fingerprint density at radius 3 is 2.30 bits per heavy atom. The Balaban J connectivity index is 2.17. The highest BCUT2D eigenvalue weighted by Crippen LogP contribution is 2.19. The van der Waals surface area contributed by atoms with E-state index in [1.165, 1.54) is 31.2 Å². The van der Waals surface area contributed by atoms with Gasteiger partial charge in [-0.2, -0.15) is 31.5 Å². The van der Waals surface area contributed by atoms with Crippen LogP contribution in [0, 0.1) is 5.82 Å². The number of nitrogens with one attached hydrogen (secondary N) is 2. The van der Waals surface area contributed by atoms with Gasteiger partial charge in [0.15, 0.2) is 0 Å². The van der Waals surface area contributed by atoms with E-state index < -0.39 is 27.9 Å². The van der Waals surface area contributed by atoms with Crippen molar-refractivity contribution in [1.82, 2.24) is 4.83 Å². The van der Waals surface area contributed by atoms with Crippen molar-refractivity contribution in [2.24, 2.45) is 5.10 Å². The molecule has 0 atom stereocenters. The second-order valence-corrected chi connectivity index (χ2v) is 6.94. The van der Waals surface area contributed by atoms with Crippen LogP contribution in [0.25, 0.3) is 0 Å². The van der Waals surface area contributed by atoms with Crippen LogP contribution in [0.15, 0.2) is 58.5 Å². The summed E-state index contributed by atoms with van der Waals surface area (Å²) < 4.78 is 73.9. The van der Waals surface area contributed by atoms with Crippen molar-refractivity contribution < 1.29 is 30.8 Å². The third-order valence-corrected chi connectivity index (χ3v) is 4.48. The lowest BCUT2D eigenvalue weighted by Gasteiger charge is -2.09. The first-order valence-electron chi connectivity index (χ1n) is 7.29. The lowest BCUT2D eigenvalue weighted by atomic mass is 10.1. The number of hydrogen-bond acceptors (Lipinski definition) is 4. The Labute approximate surface area is 151 Å². The van der Waals surface area contributed by atoms with Crippen molar-refractivity contribution >= 4 is 27.3 Å². The highest BCUT2D eigenvalue weighted by molar-refractivity contribution is 7.89. The fraction of sp³-hybridized carbons (Fsp3) is 0.125. The van der Waals surface area contributed by atoms with Crippen molar-refractivity contribution in [2.75, 3.05) is 5.32 Å². The van der Waals surface area contributed by atoms with Crippen LogP contribution in [0.1, 0.15) is 12.5 Å². The second-order valence-electron chi connectivity index (χ2n) is 5.28. The van der Waals surface area contributed by atoms with Gasteiger partial charge in [0, 0.05) is 5.69 Å². The lowest BCUT2D eigenvalue weighted by molar-refractivity contribution is -0.167. The summed E-state index contributed by atoms with van der Waals surface area (Å²) in [4.78, 5) is 12.7. The quantitative estimate of drug-likeness (QED) is 0.457. The van der Waals surface area contributed by atoms with Crippen molar-refractivity contribution in [2.45, 2.75) is 18.0 Å². The van der Waals surface area contributed by atoms with E-state index in [2.05, 4.69) is 5.10 Å². The Morgan fingerprint density at radius 2 is 1.70 bits per heavy atom. The van der Waals surface area contributed by atoms with Crippen LogP contribution >= 0.6 is 0 Å². The average molecular weight is 403 g/mol. The van der Waals surface area contributed by atoms with Crippen LogP contribution in [0.2, 0.25) is 0 Å². The van der Waals surface area contributed by atoms with Crippen molar-refractivity contribution in [3.63, 3.8) is 0 Å². The minimum atomic E-state index is -5.04. The van der Waals surface area contributed by atoms with Gasteiger partial charge in [-0.15, -0.1) is 0 Å². The number of alkyl halides is 3. The zero-order valence-electron chi connectivity index (χ0n) is 13.7. The summed E-state index contributed by atoms with van der Waals surface area (Å²) in [5.74, 6) is -2.74. The molecule has 2 aromatic carbocycles. The summed E-state index contributed by atoms with van der Waals surface area (Å²) in [6.07, 6.45) is -5.04. The van der Waals surface area contributed by atoms with Gasteiger partial charge in [-0.3, -0.25) is 4.79 Å². The first-order valence-corrected chi connectivity index (χ1v) is 8.77. The summed E-state index contributed by atoms with van der Waals surface area (Å²) >= 11 is 0. The van der Waals surface area contributed by atoms with Gasteiger partial charge in [-0.05, 0) is 48.9 Å². The van der Waals surface area contributed by atoms with Crippen LogP contribution < -0.4 is 10.1 Å². The Bertz CT molecular complexity index is 971. The summed E-state index contributed by atoms with van der Waals surface area (Å²) in [5.41, 5.74) is 0.270. The van der Waals surface area contributed by atoms with Crippen LogP contribution in [0.3, 0.4) is 0 Å².